The van der Waals surface area contributed by atoms with Crippen LogP contribution in [0.3, 0.4) is 0 Å². The lowest BCUT2D eigenvalue weighted by Crippen LogP contribution is -2.54. The molecule has 0 aromatic rings. The lowest BCUT2D eigenvalue weighted by molar-refractivity contribution is -0.128. The second-order valence-corrected chi connectivity index (χ2v) is 7.80. The van der Waals surface area contributed by atoms with Crippen molar-refractivity contribution < 1.29 is 9.53 Å². The minimum atomic E-state index is -0.343. The second kappa shape index (κ2) is 8.04. The maximum absolute atomic E-state index is 12.5. The topological polar surface area (TPSA) is 64.4 Å². The van der Waals surface area contributed by atoms with Gasteiger partial charge in [0.05, 0.1) is 5.92 Å². The minimum Gasteiger partial charge on any atom is -0.381 e. The van der Waals surface area contributed by atoms with Crippen LogP contribution in [0.1, 0.15) is 45.4 Å². The molecule has 124 valence electrons. The monoisotopic (exact) mass is 336 g/mol. The average Bonchev–Trinajstić information content (AvgIpc) is 2.45. The summed E-state index contributed by atoms with van der Waals surface area (Å²) in [4.78, 5) is 12.5. The van der Waals surface area contributed by atoms with Gasteiger partial charge in [0.25, 0.3) is 0 Å². The van der Waals surface area contributed by atoms with Gasteiger partial charge >= 0.3 is 0 Å². The molecule has 2 atom stereocenters. The fraction of sp³-hybridized carbons (Fsp3) is 0.933. The molecule has 1 saturated heterocycles. The molecule has 21 heavy (non-hydrogen) atoms. The molecule has 0 spiro atoms. The summed E-state index contributed by atoms with van der Waals surface area (Å²) in [6.45, 7) is 4.36. The van der Waals surface area contributed by atoms with Crippen LogP contribution < -0.4 is 11.1 Å². The van der Waals surface area contributed by atoms with Crippen LogP contribution in [0.15, 0.2) is 0 Å². The Kier molecular flexibility index (Phi) is 7.31. The summed E-state index contributed by atoms with van der Waals surface area (Å²) < 4.78 is 5.58. The molecule has 2 fully saturated rings. The maximum Gasteiger partial charge on any atom is 0.225 e. The van der Waals surface area contributed by atoms with Crippen molar-refractivity contribution in [2.75, 3.05) is 26.0 Å². The van der Waals surface area contributed by atoms with Crippen LogP contribution in [0.2, 0.25) is 0 Å². The number of carbonyl (C=O) groups excluding carboxylic acids is 1. The smallest absolute Gasteiger partial charge is 0.225 e. The fourth-order valence-electron chi connectivity index (χ4n) is 3.36. The molecule has 1 amide bonds. The number of amides is 1. The molecule has 0 aromatic heterocycles. The zero-order valence-electron chi connectivity index (χ0n) is 13.2. The molecule has 2 rings (SSSR count). The Morgan fingerprint density at radius 2 is 2.00 bits per heavy atom. The summed E-state index contributed by atoms with van der Waals surface area (Å²) in [7, 11) is 0. The molecule has 1 saturated carbocycles. The van der Waals surface area contributed by atoms with Crippen LogP contribution in [-0.2, 0) is 9.53 Å². The lowest BCUT2D eigenvalue weighted by atomic mass is 9.74. The normalized spacial score (nSPS) is 32.0. The predicted octanol–water partition coefficient (Wildman–Crippen LogP) is 2.34. The first-order valence-electron chi connectivity index (χ1n) is 7.69. The Labute approximate surface area is 138 Å². The SMILES string of the molecule is CSC1(CNC(=O)C2CCCCC2(C)N)CCOCC1.Cl. The van der Waals surface area contributed by atoms with E-state index >= 15 is 0 Å². The highest BCUT2D eigenvalue weighted by Crippen LogP contribution is 2.34. The minimum absolute atomic E-state index is 0. The standard InChI is InChI=1S/C15H28N2O2S.ClH/c1-14(16)6-4-3-5-12(14)13(18)17-11-15(20-2)7-9-19-10-8-15;/h12H,3-11,16H2,1-2H3,(H,17,18);1H. The first kappa shape index (κ1) is 19.1. The van der Waals surface area contributed by atoms with E-state index in [0.29, 0.717) is 0 Å². The molecule has 3 N–H and O–H groups in total. The van der Waals surface area contributed by atoms with Gasteiger partial charge in [0.15, 0.2) is 0 Å². The van der Waals surface area contributed by atoms with Gasteiger partial charge in [-0.1, -0.05) is 12.8 Å². The first-order valence-corrected chi connectivity index (χ1v) is 8.91. The van der Waals surface area contributed by atoms with Gasteiger partial charge in [-0.3, -0.25) is 4.79 Å². The van der Waals surface area contributed by atoms with Crippen LogP contribution in [0.5, 0.6) is 0 Å². The number of hydrogen-bond acceptors (Lipinski definition) is 4. The summed E-state index contributed by atoms with van der Waals surface area (Å²) in [5.74, 6) is 0.115. The van der Waals surface area contributed by atoms with Crippen molar-refractivity contribution in [1.82, 2.24) is 5.32 Å². The van der Waals surface area contributed by atoms with Crippen molar-refractivity contribution in [2.45, 2.75) is 55.7 Å². The summed E-state index contributed by atoms with van der Waals surface area (Å²) in [5.41, 5.74) is 5.97. The molecule has 1 aliphatic heterocycles. The van der Waals surface area contributed by atoms with E-state index < -0.39 is 0 Å². The summed E-state index contributed by atoms with van der Waals surface area (Å²) in [6, 6.07) is 0. The van der Waals surface area contributed by atoms with E-state index in [-0.39, 0.29) is 34.5 Å². The number of nitrogens with two attached hydrogens (primary N) is 1. The predicted molar refractivity (Wildman–Crippen MR) is 91.1 cm³/mol. The Morgan fingerprint density at radius 3 is 2.57 bits per heavy atom. The summed E-state index contributed by atoms with van der Waals surface area (Å²) >= 11 is 1.86. The highest BCUT2D eigenvalue weighted by molar-refractivity contribution is 8.00. The number of carbonyl (C=O) groups is 1. The van der Waals surface area contributed by atoms with Crippen LogP contribution in [0.25, 0.3) is 0 Å². The summed E-state index contributed by atoms with van der Waals surface area (Å²) in [6.07, 6.45) is 8.29. The molecule has 2 aliphatic rings. The van der Waals surface area contributed by atoms with Gasteiger partial charge in [0, 0.05) is 30.0 Å². The van der Waals surface area contributed by atoms with E-state index in [1.807, 2.05) is 18.7 Å². The van der Waals surface area contributed by atoms with Crippen molar-refractivity contribution in [2.24, 2.45) is 11.7 Å². The molecule has 0 aromatic carbocycles. The molecule has 2 unspecified atom stereocenters. The molecule has 1 aliphatic carbocycles. The highest BCUT2D eigenvalue weighted by Gasteiger charge is 2.39. The van der Waals surface area contributed by atoms with Crippen LogP contribution in [0, 0.1) is 5.92 Å². The van der Waals surface area contributed by atoms with Crippen molar-refractivity contribution in [1.29, 1.82) is 0 Å². The van der Waals surface area contributed by atoms with Gasteiger partial charge in [-0.25, -0.2) is 0 Å². The third-order valence-electron chi connectivity index (χ3n) is 4.99. The first-order chi connectivity index (χ1) is 9.49. The van der Waals surface area contributed by atoms with Crippen molar-refractivity contribution in [3.63, 3.8) is 0 Å². The van der Waals surface area contributed by atoms with Crippen molar-refractivity contribution in [3.05, 3.63) is 0 Å². The maximum atomic E-state index is 12.5. The Bertz CT molecular complexity index is 347. The quantitative estimate of drug-likeness (QED) is 0.827. The average molecular weight is 337 g/mol. The van der Waals surface area contributed by atoms with Crippen LogP contribution in [-0.4, -0.2) is 42.2 Å². The van der Waals surface area contributed by atoms with E-state index in [0.717, 1.165) is 58.3 Å². The molecule has 1 heterocycles. The van der Waals surface area contributed by atoms with Crippen LogP contribution in [0.4, 0.5) is 0 Å². The van der Waals surface area contributed by atoms with Gasteiger partial charge in [-0.15, -0.1) is 12.4 Å². The molecule has 0 radical (unpaired) electrons. The van der Waals surface area contributed by atoms with Gasteiger partial charge in [-0.2, -0.15) is 11.8 Å². The third-order valence-corrected chi connectivity index (χ3v) is 6.41. The number of nitrogens with one attached hydrogen (secondary N) is 1. The lowest BCUT2D eigenvalue weighted by Gasteiger charge is -2.39. The van der Waals surface area contributed by atoms with Crippen molar-refractivity contribution >= 4 is 30.1 Å². The van der Waals surface area contributed by atoms with E-state index in [2.05, 4.69) is 11.6 Å². The third kappa shape index (κ3) is 4.75. The largest absolute Gasteiger partial charge is 0.381 e. The Balaban J connectivity index is 0.00000220. The van der Waals surface area contributed by atoms with Gasteiger partial charge in [0.1, 0.15) is 0 Å². The van der Waals surface area contributed by atoms with Gasteiger partial charge < -0.3 is 15.8 Å². The highest BCUT2D eigenvalue weighted by atomic mass is 35.5. The number of rotatable bonds is 4. The molecular formula is C15H29ClN2O2S. The number of thioether (sulfide) groups is 1. The zero-order chi connectivity index (χ0) is 14.6. The van der Waals surface area contributed by atoms with E-state index in [4.69, 9.17) is 10.5 Å². The van der Waals surface area contributed by atoms with Crippen LogP contribution >= 0.6 is 24.2 Å². The van der Waals surface area contributed by atoms with E-state index in [9.17, 15) is 4.79 Å². The molecule has 6 heteroatoms. The Morgan fingerprint density at radius 1 is 1.33 bits per heavy atom. The molecular weight excluding hydrogens is 308 g/mol. The number of halogens is 1. The number of ether oxygens (including phenoxy) is 1. The van der Waals surface area contributed by atoms with E-state index in [1.165, 1.54) is 0 Å². The fourth-order valence-corrected chi connectivity index (χ4v) is 4.15. The number of hydrogen-bond donors (Lipinski definition) is 2. The van der Waals surface area contributed by atoms with Gasteiger partial charge in [-0.05, 0) is 38.9 Å². The van der Waals surface area contributed by atoms with E-state index in [1.54, 1.807) is 0 Å². The summed E-state index contributed by atoms with van der Waals surface area (Å²) in [5, 5.41) is 3.17. The molecule has 4 nitrogen and oxygen atoms in total. The van der Waals surface area contributed by atoms with Crippen molar-refractivity contribution in [3.8, 4) is 0 Å². The zero-order valence-corrected chi connectivity index (χ0v) is 14.8. The molecule has 0 bridgehead atoms. The Hall–Kier alpha value is 0.0300. The van der Waals surface area contributed by atoms with Gasteiger partial charge in [0.2, 0.25) is 5.91 Å². The second-order valence-electron chi connectivity index (χ2n) is 6.52.